The van der Waals surface area contributed by atoms with Gasteiger partial charge in [-0.15, -0.1) is 0 Å². The number of urea groups is 1. The highest BCUT2D eigenvalue weighted by Crippen LogP contribution is 2.14. The SMILES string of the molecule is CCOC(=O)NC(=O)N1CCN(c2ccncc2)CC1. The first-order chi connectivity index (χ1) is 9.70. The van der Waals surface area contributed by atoms with E-state index in [-0.39, 0.29) is 6.61 Å². The predicted octanol–water partition coefficient (Wildman–Crippen LogP) is 1.07. The van der Waals surface area contributed by atoms with Crippen LogP contribution in [0.1, 0.15) is 6.92 Å². The number of ether oxygens (including phenoxy) is 1. The highest BCUT2D eigenvalue weighted by atomic mass is 16.5. The summed E-state index contributed by atoms with van der Waals surface area (Å²) >= 11 is 0. The van der Waals surface area contributed by atoms with Gasteiger partial charge in [-0.25, -0.2) is 14.9 Å². The standard InChI is InChI=1S/C13H18N4O3/c1-2-20-13(19)15-12(18)17-9-7-16(8-10-17)11-3-5-14-6-4-11/h3-6H,2,7-10H2,1H3,(H,15,18,19). The van der Waals surface area contributed by atoms with Crippen molar-refractivity contribution in [2.24, 2.45) is 0 Å². The summed E-state index contributed by atoms with van der Waals surface area (Å²) in [6.07, 6.45) is 2.79. The quantitative estimate of drug-likeness (QED) is 0.876. The topological polar surface area (TPSA) is 74.8 Å². The molecule has 0 aliphatic carbocycles. The van der Waals surface area contributed by atoms with E-state index in [1.165, 1.54) is 0 Å². The number of alkyl carbamates (subject to hydrolysis) is 1. The maximum Gasteiger partial charge on any atom is 0.415 e. The molecule has 0 unspecified atom stereocenters. The number of aromatic nitrogens is 1. The summed E-state index contributed by atoms with van der Waals surface area (Å²) in [5.74, 6) is 0. The average molecular weight is 278 g/mol. The molecule has 7 nitrogen and oxygen atoms in total. The summed E-state index contributed by atoms with van der Waals surface area (Å²) < 4.78 is 4.68. The van der Waals surface area contributed by atoms with Crippen LogP contribution in [-0.4, -0.2) is 54.8 Å². The van der Waals surface area contributed by atoms with Crippen molar-refractivity contribution in [2.75, 3.05) is 37.7 Å². The second-order valence-corrected chi connectivity index (χ2v) is 4.33. The summed E-state index contributed by atoms with van der Waals surface area (Å²) in [5, 5.41) is 2.20. The van der Waals surface area contributed by atoms with Gasteiger partial charge < -0.3 is 14.5 Å². The fourth-order valence-electron chi connectivity index (χ4n) is 2.06. The molecule has 20 heavy (non-hydrogen) atoms. The van der Waals surface area contributed by atoms with Gasteiger partial charge in [0.05, 0.1) is 6.61 Å². The zero-order chi connectivity index (χ0) is 14.4. The highest BCUT2D eigenvalue weighted by Gasteiger charge is 2.22. The lowest BCUT2D eigenvalue weighted by Gasteiger charge is -2.35. The number of carbonyl (C=O) groups is 2. The fourth-order valence-corrected chi connectivity index (χ4v) is 2.06. The number of pyridine rings is 1. The lowest BCUT2D eigenvalue weighted by molar-refractivity contribution is 0.146. The molecular formula is C13H18N4O3. The molecule has 1 aromatic heterocycles. The van der Waals surface area contributed by atoms with E-state index in [4.69, 9.17) is 0 Å². The van der Waals surface area contributed by atoms with Gasteiger partial charge in [-0.1, -0.05) is 0 Å². The molecule has 108 valence electrons. The third-order valence-electron chi connectivity index (χ3n) is 3.08. The van der Waals surface area contributed by atoms with E-state index >= 15 is 0 Å². The predicted molar refractivity (Wildman–Crippen MR) is 73.6 cm³/mol. The molecule has 2 rings (SSSR count). The molecular weight excluding hydrogens is 260 g/mol. The smallest absolute Gasteiger partial charge is 0.415 e. The summed E-state index contributed by atoms with van der Waals surface area (Å²) in [6.45, 7) is 4.51. The lowest BCUT2D eigenvalue weighted by Crippen LogP contribution is -2.52. The van der Waals surface area contributed by atoms with Crippen LogP contribution in [0.15, 0.2) is 24.5 Å². The highest BCUT2D eigenvalue weighted by molar-refractivity contribution is 5.90. The van der Waals surface area contributed by atoms with Crippen LogP contribution in [0.2, 0.25) is 0 Å². The van der Waals surface area contributed by atoms with Crippen molar-refractivity contribution < 1.29 is 14.3 Å². The van der Waals surface area contributed by atoms with Crippen molar-refractivity contribution in [1.29, 1.82) is 0 Å². The Hall–Kier alpha value is -2.31. The van der Waals surface area contributed by atoms with Gasteiger partial charge in [-0.2, -0.15) is 0 Å². The molecule has 1 aromatic rings. The molecule has 1 aliphatic heterocycles. The van der Waals surface area contributed by atoms with E-state index in [1.807, 2.05) is 12.1 Å². The monoisotopic (exact) mass is 278 g/mol. The lowest BCUT2D eigenvalue weighted by atomic mass is 10.3. The molecule has 1 fully saturated rings. The minimum absolute atomic E-state index is 0.245. The van der Waals surface area contributed by atoms with Gasteiger partial charge in [0, 0.05) is 44.3 Å². The van der Waals surface area contributed by atoms with Gasteiger partial charge in [0.1, 0.15) is 0 Å². The number of carbonyl (C=O) groups excluding carboxylic acids is 2. The van der Waals surface area contributed by atoms with E-state index in [2.05, 4.69) is 19.9 Å². The number of rotatable bonds is 2. The van der Waals surface area contributed by atoms with Gasteiger partial charge in [0.25, 0.3) is 0 Å². The molecule has 0 saturated carbocycles. The maximum atomic E-state index is 11.8. The van der Waals surface area contributed by atoms with E-state index in [0.717, 1.165) is 18.8 Å². The number of nitrogens with zero attached hydrogens (tertiary/aromatic N) is 3. The fraction of sp³-hybridized carbons (Fsp3) is 0.462. The number of amides is 3. The Balaban J connectivity index is 1.82. The van der Waals surface area contributed by atoms with E-state index in [9.17, 15) is 9.59 Å². The number of hydrogen-bond acceptors (Lipinski definition) is 5. The molecule has 2 heterocycles. The Kier molecular flexibility index (Phi) is 4.75. The second kappa shape index (κ2) is 6.74. The van der Waals surface area contributed by atoms with Crippen LogP contribution in [-0.2, 0) is 4.74 Å². The minimum Gasteiger partial charge on any atom is -0.450 e. The van der Waals surface area contributed by atoms with Crippen LogP contribution in [0, 0.1) is 0 Å². The van der Waals surface area contributed by atoms with Gasteiger partial charge in [0.2, 0.25) is 0 Å². The molecule has 0 spiro atoms. The first-order valence-corrected chi connectivity index (χ1v) is 6.58. The van der Waals surface area contributed by atoms with Gasteiger partial charge in [-0.3, -0.25) is 4.98 Å². The Labute approximate surface area is 117 Å². The van der Waals surface area contributed by atoms with Gasteiger partial charge >= 0.3 is 12.1 Å². The minimum atomic E-state index is -0.700. The van der Waals surface area contributed by atoms with Crippen molar-refractivity contribution in [3.63, 3.8) is 0 Å². The Morgan fingerprint density at radius 1 is 1.25 bits per heavy atom. The second-order valence-electron chi connectivity index (χ2n) is 4.33. The largest absolute Gasteiger partial charge is 0.450 e. The molecule has 1 saturated heterocycles. The summed E-state index contributed by atoms with van der Waals surface area (Å²) in [7, 11) is 0. The van der Waals surface area contributed by atoms with E-state index in [0.29, 0.717) is 13.1 Å². The van der Waals surface area contributed by atoms with Crippen molar-refractivity contribution in [1.82, 2.24) is 15.2 Å². The van der Waals surface area contributed by atoms with E-state index in [1.54, 1.807) is 24.2 Å². The van der Waals surface area contributed by atoms with Gasteiger partial charge in [0.15, 0.2) is 0 Å². The van der Waals surface area contributed by atoms with Crippen molar-refractivity contribution in [3.05, 3.63) is 24.5 Å². The molecule has 0 bridgehead atoms. The Bertz CT molecular complexity index is 458. The maximum absolute atomic E-state index is 11.8. The van der Waals surface area contributed by atoms with Crippen LogP contribution in [0.3, 0.4) is 0 Å². The summed E-state index contributed by atoms with van der Waals surface area (Å²) in [6, 6.07) is 3.47. The molecule has 0 aromatic carbocycles. The Morgan fingerprint density at radius 3 is 2.50 bits per heavy atom. The van der Waals surface area contributed by atoms with Crippen LogP contribution >= 0.6 is 0 Å². The molecule has 0 radical (unpaired) electrons. The third-order valence-corrected chi connectivity index (χ3v) is 3.08. The normalized spacial score (nSPS) is 14.8. The van der Waals surface area contributed by atoms with Crippen LogP contribution in [0.4, 0.5) is 15.3 Å². The first kappa shape index (κ1) is 14.1. The number of imide groups is 1. The molecule has 0 atom stereocenters. The number of piperazine rings is 1. The number of nitrogens with one attached hydrogen (secondary N) is 1. The Morgan fingerprint density at radius 2 is 1.90 bits per heavy atom. The molecule has 1 aliphatic rings. The van der Waals surface area contributed by atoms with Crippen molar-refractivity contribution in [2.45, 2.75) is 6.92 Å². The molecule has 1 N–H and O–H groups in total. The number of hydrogen-bond donors (Lipinski definition) is 1. The molecule has 3 amide bonds. The van der Waals surface area contributed by atoms with Gasteiger partial charge in [-0.05, 0) is 19.1 Å². The van der Waals surface area contributed by atoms with Crippen LogP contribution in [0.5, 0.6) is 0 Å². The summed E-state index contributed by atoms with van der Waals surface area (Å²) in [4.78, 5) is 30.8. The van der Waals surface area contributed by atoms with Crippen LogP contribution < -0.4 is 10.2 Å². The first-order valence-electron chi connectivity index (χ1n) is 6.58. The van der Waals surface area contributed by atoms with E-state index < -0.39 is 12.1 Å². The zero-order valence-corrected chi connectivity index (χ0v) is 11.4. The molecule has 7 heteroatoms. The van der Waals surface area contributed by atoms with Crippen molar-refractivity contribution >= 4 is 17.8 Å². The van der Waals surface area contributed by atoms with Crippen LogP contribution in [0.25, 0.3) is 0 Å². The average Bonchev–Trinajstić information content (AvgIpc) is 2.48. The summed E-state index contributed by atoms with van der Waals surface area (Å²) in [5.41, 5.74) is 1.09. The third kappa shape index (κ3) is 3.59. The van der Waals surface area contributed by atoms with Crippen molar-refractivity contribution in [3.8, 4) is 0 Å². The zero-order valence-electron chi connectivity index (χ0n) is 11.4. The number of anilines is 1.